The van der Waals surface area contributed by atoms with Crippen molar-refractivity contribution in [3.05, 3.63) is 29.6 Å². The number of carboxylic acid groups (broad SMARTS) is 1. The first-order chi connectivity index (χ1) is 8.58. The average molecular weight is 253 g/mol. The zero-order valence-electron chi connectivity index (χ0n) is 9.90. The lowest BCUT2D eigenvalue weighted by atomic mass is 10.1. The van der Waals surface area contributed by atoms with E-state index in [-0.39, 0.29) is 23.3 Å². The Bertz CT molecular complexity index is 450. The van der Waals surface area contributed by atoms with Crippen molar-refractivity contribution in [1.29, 1.82) is 0 Å². The summed E-state index contributed by atoms with van der Waals surface area (Å²) in [6.45, 7) is 0.484. The summed E-state index contributed by atoms with van der Waals surface area (Å²) in [7, 11) is 0. The highest BCUT2D eigenvalue weighted by atomic mass is 19.1. The van der Waals surface area contributed by atoms with Crippen LogP contribution in [0.5, 0.6) is 0 Å². The number of anilines is 1. The second kappa shape index (κ2) is 5.35. The highest BCUT2D eigenvalue weighted by Crippen LogP contribution is 2.27. The van der Waals surface area contributed by atoms with Crippen LogP contribution >= 0.6 is 0 Å². The van der Waals surface area contributed by atoms with Crippen LogP contribution in [0.4, 0.5) is 10.1 Å². The minimum atomic E-state index is -1.15. The quantitative estimate of drug-likeness (QED) is 0.768. The Labute approximate surface area is 104 Å². The number of para-hydroxylation sites is 1. The zero-order valence-corrected chi connectivity index (χ0v) is 9.90. The third kappa shape index (κ3) is 2.79. The fraction of sp³-hybridized carbons (Fsp3) is 0.462. The van der Waals surface area contributed by atoms with Gasteiger partial charge in [-0.15, -0.1) is 0 Å². The molecule has 1 aromatic rings. The molecule has 0 heterocycles. The summed E-state index contributed by atoms with van der Waals surface area (Å²) in [6.07, 6.45) is 2.04. The normalized spacial score (nSPS) is 23.0. The molecular weight excluding hydrogens is 237 g/mol. The maximum atomic E-state index is 13.6. The SMILES string of the molecule is O=C(O)c1cccc(F)c1NCC1CCC(O)C1. The molecule has 4 nitrogen and oxygen atoms in total. The minimum absolute atomic E-state index is 0.0337. The van der Waals surface area contributed by atoms with E-state index in [1.807, 2.05) is 0 Å². The summed E-state index contributed by atoms with van der Waals surface area (Å²) in [5.74, 6) is -1.45. The van der Waals surface area contributed by atoms with Crippen LogP contribution < -0.4 is 5.32 Å². The predicted molar refractivity (Wildman–Crippen MR) is 65.2 cm³/mol. The number of aliphatic hydroxyl groups excluding tert-OH is 1. The van der Waals surface area contributed by atoms with E-state index in [4.69, 9.17) is 5.11 Å². The van der Waals surface area contributed by atoms with Crippen molar-refractivity contribution in [2.45, 2.75) is 25.4 Å². The lowest BCUT2D eigenvalue weighted by Crippen LogP contribution is -2.15. The Morgan fingerprint density at radius 1 is 1.44 bits per heavy atom. The topological polar surface area (TPSA) is 69.6 Å². The third-order valence-electron chi connectivity index (χ3n) is 3.33. The largest absolute Gasteiger partial charge is 0.478 e. The third-order valence-corrected chi connectivity index (χ3v) is 3.33. The van der Waals surface area contributed by atoms with Gasteiger partial charge in [0.1, 0.15) is 5.82 Å². The Morgan fingerprint density at radius 2 is 2.22 bits per heavy atom. The molecule has 1 saturated carbocycles. The smallest absolute Gasteiger partial charge is 0.337 e. The molecule has 1 aliphatic rings. The van der Waals surface area contributed by atoms with Gasteiger partial charge in [0, 0.05) is 6.54 Å². The van der Waals surface area contributed by atoms with Gasteiger partial charge in [0.15, 0.2) is 0 Å². The van der Waals surface area contributed by atoms with Gasteiger partial charge in [0.05, 0.1) is 17.4 Å². The van der Waals surface area contributed by atoms with E-state index in [9.17, 15) is 14.3 Å². The van der Waals surface area contributed by atoms with Gasteiger partial charge in [-0.2, -0.15) is 0 Å². The number of carboxylic acids is 1. The molecule has 2 rings (SSSR count). The van der Waals surface area contributed by atoms with Crippen LogP contribution in [0.25, 0.3) is 0 Å². The molecule has 0 bridgehead atoms. The number of benzene rings is 1. The monoisotopic (exact) mass is 253 g/mol. The number of halogens is 1. The molecule has 1 fully saturated rings. The van der Waals surface area contributed by atoms with Gasteiger partial charge in [0.25, 0.3) is 0 Å². The Balaban J connectivity index is 2.06. The van der Waals surface area contributed by atoms with Gasteiger partial charge in [-0.25, -0.2) is 9.18 Å². The van der Waals surface area contributed by atoms with Crippen molar-refractivity contribution < 1.29 is 19.4 Å². The molecule has 2 unspecified atom stereocenters. The second-order valence-corrected chi connectivity index (χ2v) is 4.68. The molecule has 3 N–H and O–H groups in total. The van der Waals surface area contributed by atoms with Crippen molar-refractivity contribution in [3.8, 4) is 0 Å². The van der Waals surface area contributed by atoms with Gasteiger partial charge in [0.2, 0.25) is 0 Å². The van der Waals surface area contributed by atoms with E-state index in [0.717, 1.165) is 12.8 Å². The van der Waals surface area contributed by atoms with E-state index in [0.29, 0.717) is 13.0 Å². The molecule has 1 aromatic carbocycles. The van der Waals surface area contributed by atoms with Crippen molar-refractivity contribution in [2.75, 3.05) is 11.9 Å². The molecule has 18 heavy (non-hydrogen) atoms. The lowest BCUT2D eigenvalue weighted by molar-refractivity contribution is 0.0697. The summed E-state index contributed by atoms with van der Waals surface area (Å²) in [4.78, 5) is 11.0. The van der Waals surface area contributed by atoms with E-state index >= 15 is 0 Å². The Kier molecular flexibility index (Phi) is 3.81. The highest BCUT2D eigenvalue weighted by Gasteiger charge is 2.23. The van der Waals surface area contributed by atoms with Crippen LogP contribution in [-0.4, -0.2) is 28.8 Å². The van der Waals surface area contributed by atoms with E-state index < -0.39 is 11.8 Å². The maximum absolute atomic E-state index is 13.6. The summed E-state index contributed by atoms with van der Waals surface area (Å²) in [6, 6.07) is 3.98. The molecule has 0 saturated heterocycles. The van der Waals surface area contributed by atoms with Crippen LogP contribution in [0.1, 0.15) is 29.6 Å². The van der Waals surface area contributed by atoms with Crippen LogP contribution in [-0.2, 0) is 0 Å². The van der Waals surface area contributed by atoms with Gasteiger partial charge >= 0.3 is 5.97 Å². The number of hydrogen-bond acceptors (Lipinski definition) is 3. The van der Waals surface area contributed by atoms with Gasteiger partial charge in [-0.05, 0) is 37.3 Å². The number of nitrogens with one attached hydrogen (secondary N) is 1. The first-order valence-corrected chi connectivity index (χ1v) is 6.01. The second-order valence-electron chi connectivity index (χ2n) is 4.68. The molecule has 0 radical (unpaired) electrons. The maximum Gasteiger partial charge on any atom is 0.337 e. The molecule has 0 aromatic heterocycles. The van der Waals surface area contributed by atoms with Crippen LogP contribution in [0.2, 0.25) is 0 Å². The van der Waals surface area contributed by atoms with E-state index in [1.165, 1.54) is 18.2 Å². The van der Waals surface area contributed by atoms with Crippen LogP contribution in [0, 0.1) is 11.7 Å². The summed E-state index contributed by atoms with van der Waals surface area (Å²) < 4.78 is 13.6. The standard InChI is InChI=1S/C13H16FNO3/c14-11-3-1-2-10(13(17)18)12(11)15-7-8-4-5-9(16)6-8/h1-3,8-9,15-16H,4-7H2,(H,17,18). The number of hydrogen-bond donors (Lipinski definition) is 3. The predicted octanol–water partition coefficient (Wildman–Crippen LogP) is 2.10. The lowest BCUT2D eigenvalue weighted by Gasteiger charge is -2.14. The number of aliphatic hydroxyl groups is 1. The molecule has 0 spiro atoms. The first kappa shape index (κ1) is 12.8. The molecule has 98 valence electrons. The van der Waals surface area contributed by atoms with Gasteiger partial charge < -0.3 is 15.5 Å². The number of carbonyl (C=O) groups is 1. The first-order valence-electron chi connectivity index (χ1n) is 6.01. The fourth-order valence-corrected chi connectivity index (χ4v) is 2.36. The van der Waals surface area contributed by atoms with Crippen molar-refractivity contribution in [3.63, 3.8) is 0 Å². The van der Waals surface area contributed by atoms with Gasteiger partial charge in [-0.1, -0.05) is 6.07 Å². The average Bonchev–Trinajstić information content (AvgIpc) is 2.73. The molecule has 1 aliphatic carbocycles. The minimum Gasteiger partial charge on any atom is -0.478 e. The Hall–Kier alpha value is -1.62. The molecular formula is C13H16FNO3. The molecule has 2 atom stereocenters. The summed E-state index contributed by atoms with van der Waals surface area (Å²) >= 11 is 0. The van der Waals surface area contributed by atoms with Crippen molar-refractivity contribution in [2.24, 2.45) is 5.92 Å². The number of aromatic carboxylic acids is 1. The highest BCUT2D eigenvalue weighted by molar-refractivity contribution is 5.94. The Morgan fingerprint density at radius 3 is 2.83 bits per heavy atom. The summed E-state index contributed by atoms with van der Waals surface area (Å²) in [5.41, 5.74) is -0.0278. The summed E-state index contributed by atoms with van der Waals surface area (Å²) in [5, 5.41) is 21.2. The van der Waals surface area contributed by atoms with E-state index in [2.05, 4.69) is 5.32 Å². The fourth-order valence-electron chi connectivity index (χ4n) is 2.36. The zero-order chi connectivity index (χ0) is 13.1. The van der Waals surface area contributed by atoms with Gasteiger partial charge in [-0.3, -0.25) is 0 Å². The van der Waals surface area contributed by atoms with Crippen molar-refractivity contribution >= 4 is 11.7 Å². The van der Waals surface area contributed by atoms with E-state index in [1.54, 1.807) is 0 Å². The molecule has 5 heteroatoms. The van der Waals surface area contributed by atoms with Crippen LogP contribution in [0.3, 0.4) is 0 Å². The molecule has 0 aliphatic heterocycles. The molecule has 0 amide bonds. The van der Waals surface area contributed by atoms with Crippen molar-refractivity contribution in [1.82, 2.24) is 0 Å². The number of rotatable bonds is 4. The van der Waals surface area contributed by atoms with Crippen LogP contribution in [0.15, 0.2) is 18.2 Å².